The lowest BCUT2D eigenvalue weighted by Crippen LogP contribution is -2.21. The molecule has 0 saturated heterocycles. The van der Waals surface area contributed by atoms with Crippen LogP contribution in [-0.4, -0.2) is 37.0 Å². The summed E-state index contributed by atoms with van der Waals surface area (Å²) in [6.07, 6.45) is 0. The third kappa shape index (κ3) is 4.21. The smallest absolute Gasteiger partial charge is 0.253 e. The number of hydrazone groups is 1. The molecule has 1 aromatic carbocycles. The molecular weight excluding hydrogens is 336 g/mol. The lowest BCUT2D eigenvalue weighted by atomic mass is 10.1. The number of rotatable bonds is 5. The first-order valence-electron chi connectivity index (χ1n) is 7.75. The number of carbonyl (C=O) groups excluding carboxylic acids is 1. The van der Waals surface area contributed by atoms with Gasteiger partial charge in [-0.15, -0.1) is 5.10 Å². The third-order valence-corrected chi connectivity index (χ3v) is 4.31. The highest BCUT2D eigenvalue weighted by Crippen LogP contribution is 2.15. The number of nitrogens with zero attached hydrogens (tertiary/aromatic N) is 5. The SMILES string of the molecule is C/C(=N\NC(=O)CSc1nc2nc(C)cc(C)n2n1)c1ccccc1. The molecule has 2 aromatic heterocycles. The summed E-state index contributed by atoms with van der Waals surface area (Å²) in [5.74, 6) is 0.513. The monoisotopic (exact) mass is 354 g/mol. The van der Waals surface area contributed by atoms with E-state index in [1.807, 2.05) is 57.2 Å². The van der Waals surface area contributed by atoms with Gasteiger partial charge in [-0.05, 0) is 32.4 Å². The molecule has 7 nitrogen and oxygen atoms in total. The van der Waals surface area contributed by atoms with Gasteiger partial charge < -0.3 is 0 Å². The molecule has 2 heterocycles. The fourth-order valence-corrected chi connectivity index (χ4v) is 2.87. The van der Waals surface area contributed by atoms with Crippen LogP contribution >= 0.6 is 11.8 Å². The molecule has 0 aliphatic carbocycles. The molecule has 0 fully saturated rings. The topological polar surface area (TPSA) is 84.5 Å². The largest absolute Gasteiger partial charge is 0.272 e. The summed E-state index contributed by atoms with van der Waals surface area (Å²) in [6, 6.07) is 11.6. The van der Waals surface area contributed by atoms with E-state index in [0.717, 1.165) is 22.7 Å². The van der Waals surface area contributed by atoms with Crippen molar-refractivity contribution in [3.05, 3.63) is 53.3 Å². The molecule has 0 atom stereocenters. The van der Waals surface area contributed by atoms with Crippen molar-refractivity contribution in [2.75, 3.05) is 5.75 Å². The van der Waals surface area contributed by atoms with Gasteiger partial charge in [-0.2, -0.15) is 10.1 Å². The van der Waals surface area contributed by atoms with Crippen LogP contribution in [0.25, 0.3) is 5.78 Å². The average Bonchev–Trinajstić information content (AvgIpc) is 3.02. The fraction of sp³-hybridized carbons (Fsp3) is 0.235. The first kappa shape index (κ1) is 17.1. The van der Waals surface area contributed by atoms with Crippen LogP contribution in [0.1, 0.15) is 23.9 Å². The number of aromatic nitrogens is 4. The number of thioether (sulfide) groups is 1. The van der Waals surface area contributed by atoms with Crippen molar-refractivity contribution < 1.29 is 4.79 Å². The third-order valence-electron chi connectivity index (χ3n) is 3.47. The minimum absolute atomic E-state index is 0.181. The lowest BCUT2D eigenvalue weighted by molar-refractivity contribution is -0.118. The normalized spacial score (nSPS) is 11.7. The van der Waals surface area contributed by atoms with Crippen molar-refractivity contribution in [3.63, 3.8) is 0 Å². The number of amides is 1. The highest BCUT2D eigenvalue weighted by Gasteiger charge is 2.10. The molecule has 0 aliphatic heterocycles. The summed E-state index contributed by atoms with van der Waals surface area (Å²) in [5, 5.41) is 8.99. The van der Waals surface area contributed by atoms with E-state index in [0.29, 0.717) is 10.9 Å². The Labute approximate surface area is 149 Å². The standard InChI is InChI=1S/C17H18N6OS/c1-11-9-12(2)23-16(18-11)19-17(22-23)25-10-15(24)21-20-13(3)14-7-5-4-6-8-14/h4-9H,10H2,1-3H3,(H,21,24)/b20-13+. The second kappa shape index (κ2) is 7.43. The van der Waals surface area contributed by atoms with Crippen LogP contribution in [0.2, 0.25) is 0 Å². The predicted octanol–water partition coefficient (Wildman–Crippen LogP) is 2.37. The van der Waals surface area contributed by atoms with Crippen LogP contribution in [0, 0.1) is 13.8 Å². The van der Waals surface area contributed by atoms with Gasteiger partial charge >= 0.3 is 0 Å². The van der Waals surface area contributed by atoms with Gasteiger partial charge in [0, 0.05) is 11.4 Å². The van der Waals surface area contributed by atoms with Gasteiger partial charge in [-0.1, -0.05) is 42.1 Å². The quantitative estimate of drug-likeness (QED) is 0.432. The summed E-state index contributed by atoms with van der Waals surface area (Å²) in [6.45, 7) is 5.71. The Balaban J connectivity index is 1.60. The van der Waals surface area contributed by atoms with Crippen molar-refractivity contribution in [1.29, 1.82) is 0 Å². The van der Waals surface area contributed by atoms with Gasteiger partial charge in [0.2, 0.25) is 5.16 Å². The first-order chi connectivity index (χ1) is 12.0. The molecule has 3 rings (SSSR count). The second-order valence-electron chi connectivity index (χ2n) is 5.53. The maximum Gasteiger partial charge on any atom is 0.253 e. The molecule has 1 N–H and O–H groups in total. The molecule has 3 aromatic rings. The molecular formula is C17H18N6OS. The molecule has 0 bridgehead atoms. The van der Waals surface area contributed by atoms with Crippen LogP contribution in [0.4, 0.5) is 0 Å². The molecule has 0 saturated carbocycles. The van der Waals surface area contributed by atoms with Crippen LogP contribution in [0.3, 0.4) is 0 Å². The van der Waals surface area contributed by atoms with E-state index in [1.54, 1.807) is 4.52 Å². The number of hydrogen-bond donors (Lipinski definition) is 1. The number of hydrogen-bond acceptors (Lipinski definition) is 6. The minimum atomic E-state index is -0.208. The summed E-state index contributed by atoms with van der Waals surface area (Å²) in [5.41, 5.74) is 6.11. The van der Waals surface area contributed by atoms with Crippen LogP contribution < -0.4 is 5.43 Å². The first-order valence-corrected chi connectivity index (χ1v) is 8.74. The molecule has 0 aliphatic rings. The van der Waals surface area contributed by atoms with Crippen LogP contribution in [-0.2, 0) is 4.79 Å². The van der Waals surface area contributed by atoms with Gasteiger partial charge in [0.05, 0.1) is 11.5 Å². The zero-order chi connectivity index (χ0) is 17.8. The number of nitrogens with one attached hydrogen (secondary N) is 1. The fourth-order valence-electron chi connectivity index (χ4n) is 2.26. The lowest BCUT2D eigenvalue weighted by Gasteiger charge is -2.01. The molecule has 0 radical (unpaired) electrons. The molecule has 8 heteroatoms. The van der Waals surface area contributed by atoms with Crippen molar-refractivity contribution >= 4 is 29.2 Å². The minimum Gasteiger partial charge on any atom is -0.272 e. The van der Waals surface area contributed by atoms with E-state index in [2.05, 4.69) is 25.6 Å². The Kier molecular flexibility index (Phi) is 5.08. The van der Waals surface area contributed by atoms with E-state index in [9.17, 15) is 4.79 Å². The summed E-state index contributed by atoms with van der Waals surface area (Å²) >= 11 is 1.25. The molecule has 1 amide bonds. The van der Waals surface area contributed by atoms with Crippen LogP contribution in [0.5, 0.6) is 0 Å². The van der Waals surface area contributed by atoms with E-state index < -0.39 is 0 Å². The maximum atomic E-state index is 12.0. The average molecular weight is 354 g/mol. The molecule has 25 heavy (non-hydrogen) atoms. The highest BCUT2D eigenvalue weighted by molar-refractivity contribution is 7.99. The van der Waals surface area contributed by atoms with E-state index >= 15 is 0 Å². The van der Waals surface area contributed by atoms with Crippen molar-refractivity contribution in [3.8, 4) is 0 Å². The van der Waals surface area contributed by atoms with Gasteiger partial charge in [0.25, 0.3) is 11.7 Å². The Morgan fingerprint density at radius 2 is 2.00 bits per heavy atom. The highest BCUT2D eigenvalue weighted by atomic mass is 32.2. The van der Waals surface area contributed by atoms with Crippen molar-refractivity contribution in [2.45, 2.75) is 25.9 Å². The van der Waals surface area contributed by atoms with Crippen molar-refractivity contribution in [1.82, 2.24) is 25.0 Å². The maximum absolute atomic E-state index is 12.0. The summed E-state index contributed by atoms with van der Waals surface area (Å²) in [7, 11) is 0. The molecule has 128 valence electrons. The van der Waals surface area contributed by atoms with Gasteiger partial charge in [-0.3, -0.25) is 4.79 Å². The second-order valence-corrected chi connectivity index (χ2v) is 6.47. The van der Waals surface area contributed by atoms with E-state index in [1.165, 1.54) is 11.8 Å². The number of aryl methyl sites for hydroxylation is 2. The van der Waals surface area contributed by atoms with E-state index in [-0.39, 0.29) is 11.7 Å². The van der Waals surface area contributed by atoms with Gasteiger partial charge in [0.15, 0.2) is 0 Å². The number of benzene rings is 1. The Morgan fingerprint density at radius 1 is 1.24 bits per heavy atom. The zero-order valence-electron chi connectivity index (χ0n) is 14.2. The van der Waals surface area contributed by atoms with Gasteiger partial charge in [0.1, 0.15) is 0 Å². The number of carbonyl (C=O) groups is 1. The Hall–Kier alpha value is -2.74. The molecule has 0 spiro atoms. The summed E-state index contributed by atoms with van der Waals surface area (Å²) < 4.78 is 1.67. The Bertz CT molecular complexity index is 935. The van der Waals surface area contributed by atoms with E-state index in [4.69, 9.17) is 0 Å². The predicted molar refractivity (Wildman–Crippen MR) is 97.8 cm³/mol. The van der Waals surface area contributed by atoms with Crippen molar-refractivity contribution in [2.24, 2.45) is 5.10 Å². The molecule has 0 unspecified atom stereocenters. The van der Waals surface area contributed by atoms with Gasteiger partial charge in [-0.25, -0.2) is 14.9 Å². The number of fused-ring (bicyclic) bond motifs is 1. The zero-order valence-corrected chi connectivity index (χ0v) is 15.0. The van der Waals surface area contributed by atoms with Crippen LogP contribution in [0.15, 0.2) is 46.7 Å². The Morgan fingerprint density at radius 3 is 2.76 bits per heavy atom. The summed E-state index contributed by atoms with van der Waals surface area (Å²) in [4.78, 5) is 20.6.